The zero-order chi connectivity index (χ0) is 15.2. The van der Waals surface area contributed by atoms with Crippen molar-refractivity contribution in [2.24, 2.45) is 5.92 Å². The molecule has 0 saturated carbocycles. The first-order chi connectivity index (χ1) is 10.1. The number of likely N-dealkylation sites (tertiary alicyclic amines) is 1. The average molecular weight is 293 g/mol. The number of esters is 1. The van der Waals surface area contributed by atoms with Crippen LogP contribution in [0, 0.1) is 5.92 Å². The number of hydrogen-bond donors (Lipinski definition) is 0. The van der Waals surface area contributed by atoms with Gasteiger partial charge in [0, 0.05) is 12.5 Å². The minimum Gasteiger partial charge on any atom is -0.469 e. The predicted octanol–water partition coefficient (Wildman–Crippen LogP) is 2.92. The zero-order valence-corrected chi connectivity index (χ0v) is 12.7. The minimum atomic E-state index is -0.368. The Balaban J connectivity index is 2.12. The molecule has 21 heavy (non-hydrogen) atoms. The first kappa shape index (κ1) is 15.6. The second-order valence-electron chi connectivity index (χ2n) is 5.59. The molecule has 1 saturated heterocycles. The lowest BCUT2D eigenvalue weighted by Gasteiger charge is -2.30. The van der Waals surface area contributed by atoms with Crippen molar-refractivity contribution < 1.29 is 18.7 Å². The summed E-state index contributed by atoms with van der Waals surface area (Å²) in [5.74, 6) is 0.118. The van der Waals surface area contributed by atoms with Gasteiger partial charge < -0.3 is 14.1 Å². The van der Waals surface area contributed by atoms with Crippen molar-refractivity contribution in [3.63, 3.8) is 0 Å². The lowest BCUT2D eigenvalue weighted by Crippen LogP contribution is -2.38. The molecule has 1 fully saturated rings. The van der Waals surface area contributed by atoms with Gasteiger partial charge in [0.1, 0.15) is 5.76 Å². The third-order valence-corrected chi connectivity index (χ3v) is 4.03. The topological polar surface area (TPSA) is 59.8 Å². The van der Waals surface area contributed by atoms with Gasteiger partial charge in [-0.05, 0) is 25.0 Å². The average Bonchev–Trinajstić information content (AvgIpc) is 2.90. The number of carbonyl (C=O) groups excluding carboxylic acids is 2. The molecule has 2 heterocycles. The molecule has 0 unspecified atom stereocenters. The van der Waals surface area contributed by atoms with E-state index in [2.05, 4.69) is 4.74 Å². The van der Waals surface area contributed by atoms with E-state index in [0.29, 0.717) is 0 Å². The van der Waals surface area contributed by atoms with Crippen LogP contribution in [0.5, 0.6) is 0 Å². The first-order valence-electron chi connectivity index (χ1n) is 7.54. The smallest absolute Gasteiger partial charge is 0.306 e. The zero-order valence-electron chi connectivity index (χ0n) is 12.7. The molecule has 116 valence electrons. The van der Waals surface area contributed by atoms with E-state index in [4.69, 9.17) is 4.42 Å². The highest BCUT2D eigenvalue weighted by Crippen LogP contribution is 2.31. The van der Waals surface area contributed by atoms with E-state index in [-0.39, 0.29) is 30.3 Å². The Morgan fingerprint density at radius 2 is 2.24 bits per heavy atom. The molecule has 1 amide bonds. The normalized spacial score (nSPS) is 20.7. The summed E-state index contributed by atoms with van der Waals surface area (Å²) < 4.78 is 10.2. The van der Waals surface area contributed by atoms with E-state index >= 15 is 0 Å². The van der Waals surface area contributed by atoms with E-state index in [9.17, 15) is 9.59 Å². The van der Waals surface area contributed by atoms with Crippen molar-refractivity contribution in [2.45, 2.75) is 45.1 Å². The molecule has 0 aliphatic carbocycles. The van der Waals surface area contributed by atoms with Gasteiger partial charge in [0.25, 0.3) is 0 Å². The maximum Gasteiger partial charge on any atom is 0.306 e. The Kier molecular flexibility index (Phi) is 5.42. The molecule has 1 aromatic rings. The molecule has 0 bridgehead atoms. The van der Waals surface area contributed by atoms with Crippen molar-refractivity contribution >= 4 is 11.9 Å². The molecule has 5 nitrogen and oxygen atoms in total. The van der Waals surface area contributed by atoms with E-state index in [0.717, 1.165) is 38.0 Å². The summed E-state index contributed by atoms with van der Waals surface area (Å²) >= 11 is 0. The quantitative estimate of drug-likeness (QED) is 0.801. The van der Waals surface area contributed by atoms with Crippen molar-refractivity contribution in [1.82, 2.24) is 4.90 Å². The van der Waals surface area contributed by atoms with Gasteiger partial charge in [-0.3, -0.25) is 9.59 Å². The van der Waals surface area contributed by atoms with Crippen LogP contribution in [-0.4, -0.2) is 30.4 Å². The second-order valence-corrected chi connectivity index (χ2v) is 5.59. The molecule has 5 heteroatoms. The lowest BCUT2D eigenvalue weighted by molar-refractivity contribution is -0.147. The van der Waals surface area contributed by atoms with Gasteiger partial charge in [0.2, 0.25) is 5.91 Å². The highest BCUT2D eigenvalue weighted by molar-refractivity contribution is 5.83. The summed E-state index contributed by atoms with van der Waals surface area (Å²) in [4.78, 5) is 25.9. The third kappa shape index (κ3) is 3.86. The van der Waals surface area contributed by atoms with Gasteiger partial charge in [-0.15, -0.1) is 0 Å². The fraction of sp³-hybridized carbons (Fsp3) is 0.625. The van der Waals surface area contributed by atoms with Gasteiger partial charge >= 0.3 is 5.97 Å². The largest absolute Gasteiger partial charge is 0.469 e. The number of nitrogens with zero attached hydrogens (tertiary/aromatic N) is 1. The Labute approximate surface area is 125 Å². The Hall–Kier alpha value is -1.78. The fourth-order valence-corrected chi connectivity index (χ4v) is 2.85. The molecular weight excluding hydrogens is 270 g/mol. The molecule has 0 aromatic carbocycles. The van der Waals surface area contributed by atoms with Crippen molar-refractivity contribution in [2.75, 3.05) is 13.7 Å². The lowest BCUT2D eigenvalue weighted by atomic mass is 10.0. The fourth-order valence-electron chi connectivity index (χ4n) is 2.85. The van der Waals surface area contributed by atoms with Crippen LogP contribution in [0.15, 0.2) is 22.8 Å². The van der Waals surface area contributed by atoms with Gasteiger partial charge in [0.15, 0.2) is 0 Å². The van der Waals surface area contributed by atoms with E-state index in [1.807, 2.05) is 17.0 Å². The number of carbonyl (C=O) groups is 2. The molecule has 1 aliphatic heterocycles. The van der Waals surface area contributed by atoms with Gasteiger partial charge in [-0.25, -0.2) is 0 Å². The molecule has 1 aliphatic rings. The van der Waals surface area contributed by atoms with Crippen LogP contribution in [0.4, 0.5) is 0 Å². The number of ether oxygens (including phenoxy) is 1. The van der Waals surface area contributed by atoms with Gasteiger partial charge in [0.05, 0.1) is 25.8 Å². The summed E-state index contributed by atoms with van der Waals surface area (Å²) in [6.07, 6.45) is 5.86. The molecule has 0 radical (unpaired) electrons. The van der Waals surface area contributed by atoms with Crippen molar-refractivity contribution in [3.8, 4) is 0 Å². The first-order valence-corrected chi connectivity index (χ1v) is 7.54. The summed E-state index contributed by atoms with van der Waals surface area (Å²) in [6.45, 7) is 2.50. The number of hydrogen-bond acceptors (Lipinski definition) is 4. The maximum absolute atomic E-state index is 12.7. The molecule has 1 aromatic heterocycles. The standard InChI is InChI=1S/C16H23NO4/c1-12(11-15(18)20-2)16(19)17-9-5-3-4-7-13(17)14-8-6-10-21-14/h6,8,10,12-13H,3-5,7,9,11H2,1-2H3/t12-,13+/m0/s1. The molecule has 2 rings (SSSR count). The summed E-state index contributed by atoms with van der Waals surface area (Å²) in [5.41, 5.74) is 0. The maximum atomic E-state index is 12.7. The minimum absolute atomic E-state index is 0.00343. The van der Waals surface area contributed by atoms with Crippen LogP contribution in [0.25, 0.3) is 0 Å². The summed E-state index contributed by atoms with van der Waals surface area (Å²) in [7, 11) is 1.34. The predicted molar refractivity (Wildman–Crippen MR) is 77.4 cm³/mol. The van der Waals surface area contributed by atoms with Crippen LogP contribution in [-0.2, 0) is 14.3 Å². The molecule has 2 atom stereocenters. The second kappa shape index (κ2) is 7.29. The Morgan fingerprint density at radius 1 is 1.43 bits per heavy atom. The van der Waals surface area contributed by atoms with Crippen LogP contribution in [0.3, 0.4) is 0 Å². The van der Waals surface area contributed by atoms with E-state index in [1.165, 1.54) is 7.11 Å². The van der Waals surface area contributed by atoms with Crippen LogP contribution in [0.1, 0.15) is 50.8 Å². The monoisotopic (exact) mass is 293 g/mol. The Morgan fingerprint density at radius 3 is 2.90 bits per heavy atom. The number of rotatable bonds is 4. The van der Waals surface area contributed by atoms with Crippen molar-refractivity contribution in [1.29, 1.82) is 0 Å². The Bertz CT molecular complexity index is 469. The van der Waals surface area contributed by atoms with Crippen LogP contribution in [0.2, 0.25) is 0 Å². The molecule has 0 spiro atoms. The SMILES string of the molecule is COC(=O)C[C@H](C)C(=O)N1CCCCC[C@@H]1c1ccco1. The van der Waals surface area contributed by atoms with Gasteiger partial charge in [-0.1, -0.05) is 19.8 Å². The van der Waals surface area contributed by atoms with Crippen molar-refractivity contribution in [3.05, 3.63) is 24.2 Å². The molecule has 0 N–H and O–H groups in total. The van der Waals surface area contributed by atoms with E-state index < -0.39 is 0 Å². The number of amides is 1. The molecular formula is C16H23NO4. The highest BCUT2D eigenvalue weighted by atomic mass is 16.5. The summed E-state index contributed by atoms with van der Waals surface area (Å²) in [6, 6.07) is 3.75. The summed E-state index contributed by atoms with van der Waals surface area (Å²) in [5, 5.41) is 0. The highest BCUT2D eigenvalue weighted by Gasteiger charge is 2.31. The van der Waals surface area contributed by atoms with Gasteiger partial charge in [-0.2, -0.15) is 0 Å². The number of methoxy groups -OCH3 is 1. The van der Waals surface area contributed by atoms with Crippen LogP contribution >= 0.6 is 0 Å². The third-order valence-electron chi connectivity index (χ3n) is 4.03. The van der Waals surface area contributed by atoms with Crippen LogP contribution < -0.4 is 0 Å². The van der Waals surface area contributed by atoms with E-state index in [1.54, 1.807) is 13.2 Å². The number of furan rings is 1.